The highest BCUT2D eigenvalue weighted by atomic mass is 127. The third-order valence-corrected chi connectivity index (χ3v) is 5.04. The first-order valence-electron chi connectivity index (χ1n) is 7.92. The Morgan fingerprint density at radius 2 is 1.92 bits per heavy atom. The maximum Gasteiger partial charge on any atom is 0.357 e. The molecule has 1 aliphatic rings. The molecule has 0 atom stereocenters. The van der Waals surface area contributed by atoms with Gasteiger partial charge in [-0.25, -0.2) is 4.79 Å². The lowest BCUT2D eigenvalue weighted by Gasteiger charge is -2.15. The van der Waals surface area contributed by atoms with Gasteiger partial charge >= 0.3 is 5.97 Å². The Morgan fingerprint density at radius 3 is 2.54 bits per heavy atom. The molecule has 3 rings (SSSR count). The zero-order chi connectivity index (χ0) is 17.1. The highest BCUT2D eigenvalue weighted by Gasteiger charge is 2.21. The Labute approximate surface area is 153 Å². The summed E-state index contributed by atoms with van der Waals surface area (Å²) >= 11 is 2.08. The molecule has 1 N–H and O–H groups in total. The molecular formula is C17H18IN3O3. The van der Waals surface area contributed by atoms with Crippen LogP contribution in [-0.2, 0) is 4.74 Å². The molecule has 1 amide bonds. The first-order valence-corrected chi connectivity index (χ1v) is 9.00. The molecule has 0 spiro atoms. The molecule has 1 aliphatic heterocycles. The van der Waals surface area contributed by atoms with Gasteiger partial charge in [-0.05, 0) is 54.5 Å². The quantitative estimate of drug-likeness (QED) is 0.587. The summed E-state index contributed by atoms with van der Waals surface area (Å²) < 4.78 is 5.71. The lowest BCUT2D eigenvalue weighted by atomic mass is 10.1. The average molecular weight is 439 g/mol. The number of aromatic nitrogens is 2. The third-order valence-electron chi connectivity index (χ3n) is 3.99. The molecule has 126 valence electrons. The molecule has 1 saturated heterocycles. The second kappa shape index (κ2) is 7.33. The van der Waals surface area contributed by atoms with Crippen molar-refractivity contribution in [3.63, 3.8) is 0 Å². The Balaban J connectivity index is 1.81. The number of aromatic amines is 1. The van der Waals surface area contributed by atoms with Crippen LogP contribution in [0.15, 0.2) is 24.3 Å². The number of likely N-dealkylation sites (tertiary alicyclic amines) is 1. The lowest BCUT2D eigenvalue weighted by Crippen LogP contribution is -2.27. The van der Waals surface area contributed by atoms with E-state index >= 15 is 0 Å². The molecule has 0 unspecified atom stereocenters. The van der Waals surface area contributed by atoms with E-state index in [1.807, 2.05) is 29.2 Å². The average Bonchev–Trinajstić information content (AvgIpc) is 3.24. The predicted molar refractivity (Wildman–Crippen MR) is 97.8 cm³/mol. The van der Waals surface area contributed by atoms with E-state index in [1.165, 1.54) is 0 Å². The minimum Gasteiger partial charge on any atom is -0.461 e. The van der Waals surface area contributed by atoms with Gasteiger partial charge < -0.3 is 9.64 Å². The van der Waals surface area contributed by atoms with Gasteiger partial charge in [-0.15, -0.1) is 0 Å². The van der Waals surface area contributed by atoms with Gasteiger partial charge in [-0.1, -0.05) is 12.1 Å². The second-order valence-corrected chi connectivity index (χ2v) is 6.64. The van der Waals surface area contributed by atoms with Gasteiger partial charge in [-0.3, -0.25) is 9.89 Å². The van der Waals surface area contributed by atoms with Crippen LogP contribution in [0, 0.1) is 3.57 Å². The SMILES string of the molecule is CCOC(=O)c1[nH]nc(-c2ccc(C(=O)N3CCCC3)cc2)c1I. The molecular weight excluding hydrogens is 421 g/mol. The van der Waals surface area contributed by atoms with Crippen molar-refractivity contribution in [2.75, 3.05) is 19.7 Å². The Kier molecular flexibility index (Phi) is 5.17. The summed E-state index contributed by atoms with van der Waals surface area (Å²) in [5.41, 5.74) is 2.56. The van der Waals surface area contributed by atoms with Crippen LogP contribution in [0.4, 0.5) is 0 Å². The summed E-state index contributed by atoms with van der Waals surface area (Å²) in [6.45, 7) is 3.75. The Morgan fingerprint density at radius 1 is 1.25 bits per heavy atom. The van der Waals surface area contributed by atoms with Crippen molar-refractivity contribution in [3.05, 3.63) is 39.1 Å². The van der Waals surface area contributed by atoms with E-state index in [0.717, 1.165) is 31.5 Å². The number of ether oxygens (including phenoxy) is 1. The van der Waals surface area contributed by atoms with Crippen LogP contribution in [-0.4, -0.2) is 46.7 Å². The van der Waals surface area contributed by atoms with E-state index in [1.54, 1.807) is 6.92 Å². The van der Waals surface area contributed by atoms with Crippen LogP contribution >= 0.6 is 22.6 Å². The summed E-state index contributed by atoms with van der Waals surface area (Å²) in [5, 5.41) is 6.94. The molecule has 7 heteroatoms. The van der Waals surface area contributed by atoms with Gasteiger partial charge in [0.25, 0.3) is 5.91 Å². The number of amides is 1. The van der Waals surface area contributed by atoms with Crippen LogP contribution in [0.3, 0.4) is 0 Å². The highest BCUT2D eigenvalue weighted by Crippen LogP contribution is 2.26. The normalized spacial score (nSPS) is 14.0. The fraction of sp³-hybridized carbons (Fsp3) is 0.353. The topological polar surface area (TPSA) is 75.3 Å². The molecule has 1 aromatic carbocycles. The largest absolute Gasteiger partial charge is 0.461 e. The number of H-pyrrole nitrogens is 1. The Bertz CT molecular complexity index is 749. The maximum absolute atomic E-state index is 12.4. The van der Waals surface area contributed by atoms with Gasteiger partial charge in [0.05, 0.1) is 10.2 Å². The molecule has 0 aliphatic carbocycles. The molecule has 24 heavy (non-hydrogen) atoms. The monoisotopic (exact) mass is 439 g/mol. The molecule has 6 nitrogen and oxygen atoms in total. The molecule has 1 fully saturated rings. The van der Waals surface area contributed by atoms with Crippen molar-refractivity contribution in [1.82, 2.24) is 15.1 Å². The van der Waals surface area contributed by atoms with Gasteiger partial charge in [-0.2, -0.15) is 5.10 Å². The molecule has 2 heterocycles. The smallest absolute Gasteiger partial charge is 0.357 e. The molecule has 0 bridgehead atoms. The standard InChI is InChI=1S/C17H18IN3O3/c1-2-24-17(23)15-13(18)14(19-20-15)11-5-7-12(8-6-11)16(22)21-9-3-4-10-21/h5-8H,2-4,9-10H2,1H3,(H,19,20). The van der Waals surface area contributed by atoms with Crippen LogP contribution in [0.5, 0.6) is 0 Å². The summed E-state index contributed by atoms with van der Waals surface area (Å²) in [6, 6.07) is 7.34. The van der Waals surface area contributed by atoms with Crippen LogP contribution in [0.2, 0.25) is 0 Å². The van der Waals surface area contributed by atoms with Gasteiger partial charge in [0.2, 0.25) is 0 Å². The number of nitrogens with zero attached hydrogens (tertiary/aromatic N) is 2. The van der Waals surface area contributed by atoms with E-state index in [0.29, 0.717) is 27.1 Å². The van der Waals surface area contributed by atoms with E-state index in [-0.39, 0.29) is 5.91 Å². The summed E-state index contributed by atoms with van der Waals surface area (Å²) in [5.74, 6) is -0.343. The van der Waals surface area contributed by atoms with Crippen LogP contribution in [0.1, 0.15) is 40.6 Å². The Hall–Kier alpha value is -1.90. The van der Waals surface area contributed by atoms with E-state index in [9.17, 15) is 9.59 Å². The number of carbonyl (C=O) groups excluding carboxylic acids is 2. The lowest BCUT2D eigenvalue weighted by molar-refractivity contribution is 0.0518. The molecule has 1 aromatic heterocycles. The molecule has 0 radical (unpaired) electrons. The number of carbonyl (C=O) groups is 2. The number of rotatable bonds is 4. The van der Waals surface area contributed by atoms with Crippen LogP contribution in [0.25, 0.3) is 11.3 Å². The van der Waals surface area contributed by atoms with Crippen molar-refractivity contribution in [1.29, 1.82) is 0 Å². The van der Waals surface area contributed by atoms with Gasteiger partial charge in [0.1, 0.15) is 5.69 Å². The number of hydrogen-bond acceptors (Lipinski definition) is 4. The highest BCUT2D eigenvalue weighted by molar-refractivity contribution is 14.1. The zero-order valence-electron chi connectivity index (χ0n) is 13.3. The first kappa shape index (κ1) is 16.9. The minimum atomic E-state index is -0.415. The minimum absolute atomic E-state index is 0.0722. The number of benzene rings is 1. The van der Waals surface area contributed by atoms with Crippen molar-refractivity contribution in [3.8, 4) is 11.3 Å². The maximum atomic E-state index is 12.4. The summed E-state index contributed by atoms with van der Waals surface area (Å²) in [6.07, 6.45) is 2.15. The second-order valence-electron chi connectivity index (χ2n) is 5.56. The van der Waals surface area contributed by atoms with Gasteiger partial charge in [0, 0.05) is 24.2 Å². The number of halogens is 1. The van der Waals surface area contributed by atoms with Crippen molar-refractivity contribution < 1.29 is 14.3 Å². The summed E-state index contributed by atoms with van der Waals surface area (Å²) in [4.78, 5) is 26.1. The molecule has 2 aromatic rings. The number of esters is 1. The van der Waals surface area contributed by atoms with Gasteiger partial charge in [0.15, 0.2) is 5.69 Å². The first-order chi connectivity index (χ1) is 11.6. The predicted octanol–water partition coefficient (Wildman–Crippen LogP) is 3.09. The molecule has 0 saturated carbocycles. The third kappa shape index (κ3) is 3.31. The fourth-order valence-corrected chi connectivity index (χ4v) is 3.50. The number of nitrogens with one attached hydrogen (secondary N) is 1. The zero-order valence-corrected chi connectivity index (χ0v) is 15.5. The number of hydrogen-bond donors (Lipinski definition) is 1. The summed E-state index contributed by atoms with van der Waals surface area (Å²) in [7, 11) is 0. The van der Waals surface area contributed by atoms with E-state index < -0.39 is 5.97 Å². The fourth-order valence-electron chi connectivity index (χ4n) is 2.73. The van der Waals surface area contributed by atoms with Crippen molar-refractivity contribution in [2.24, 2.45) is 0 Å². The van der Waals surface area contributed by atoms with Crippen molar-refractivity contribution >= 4 is 34.5 Å². The van der Waals surface area contributed by atoms with Crippen molar-refractivity contribution in [2.45, 2.75) is 19.8 Å². The van der Waals surface area contributed by atoms with Crippen LogP contribution < -0.4 is 0 Å². The van der Waals surface area contributed by atoms with E-state index in [4.69, 9.17) is 4.74 Å². The van der Waals surface area contributed by atoms with E-state index in [2.05, 4.69) is 32.8 Å².